The summed E-state index contributed by atoms with van der Waals surface area (Å²) in [5, 5.41) is 11.9. The number of aliphatic hydroxyl groups excluding tert-OH is 1. The molecule has 0 bridgehead atoms. The molecule has 28 atom stereocenters. The molecule has 6 aliphatic rings. The van der Waals surface area contributed by atoms with Gasteiger partial charge in [-0.3, -0.25) is 51.5 Å². The number of H-pyrrole nitrogens is 2. The second kappa shape index (κ2) is 48.4. The third-order valence-electron chi connectivity index (χ3n) is 23.9. The van der Waals surface area contributed by atoms with E-state index in [1.807, 2.05) is 0 Å². The number of ether oxygens (including phenoxy) is 16. The maximum atomic E-state index is 15.8. The Kier molecular flexibility index (Phi) is 36.9. The highest BCUT2D eigenvalue weighted by Gasteiger charge is 2.57. The first-order valence-corrected chi connectivity index (χ1v) is 57.5. The van der Waals surface area contributed by atoms with Crippen LogP contribution in [0.3, 0.4) is 0 Å². The van der Waals surface area contributed by atoms with E-state index in [1.165, 1.54) is 101 Å². The predicted molar refractivity (Wildman–Crippen MR) is 514 cm³/mol. The molecular weight excluding hydrogens is 2150 g/mol. The Morgan fingerprint density at radius 1 is 0.408 bits per heavy atom. The van der Waals surface area contributed by atoms with Gasteiger partial charge in [-0.1, -0.05) is 54.2 Å². The molecular formula is C76H103N25O36P5S5-5. The predicted octanol–water partition coefficient (Wildman–Crippen LogP) is -3.32. The number of imidazole rings is 4. The second-order valence-corrected chi connectivity index (χ2v) is 46.9. The van der Waals surface area contributed by atoms with Crippen LogP contribution < -0.4 is 70.7 Å². The summed E-state index contributed by atoms with van der Waals surface area (Å²) >= 11 is 28.5. The number of nitrogens with two attached hydrogens (primary N) is 5. The number of fused-ring (bicyclic) bond motifs is 4. The van der Waals surface area contributed by atoms with Crippen LogP contribution in [0.4, 0.5) is 29.2 Å². The lowest BCUT2D eigenvalue weighted by Crippen LogP contribution is -2.42. The molecule has 0 spiro atoms. The molecule has 16 heterocycles. The number of rotatable bonds is 52. The first-order valence-electron chi connectivity index (χ1n) is 44.8. The first-order chi connectivity index (χ1) is 70.2. The molecule has 13 N–H and O–H groups in total. The number of nitrogen functional groups attached to an aromatic ring is 5. The number of anilines is 5. The zero-order valence-corrected chi connectivity index (χ0v) is 87.5. The van der Waals surface area contributed by atoms with E-state index in [1.54, 1.807) is 11.5 Å². The van der Waals surface area contributed by atoms with Gasteiger partial charge < -0.3 is 187 Å². The summed E-state index contributed by atoms with van der Waals surface area (Å²) in [6.07, 6.45) is -23.7. The molecule has 0 amide bonds. The lowest BCUT2D eigenvalue weighted by molar-refractivity contribution is -0.223. The number of aromatic nitrogens is 20. The van der Waals surface area contributed by atoms with E-state index >= 15 is 19.2 Å². The average molecular weight is 2260 g/mol. The Balaban J connectivity index is 0.690. The van der Waals surface area contributed by atoms with Crippen molar-refractivity contribution in [3.63, 3.8) is 0 Å². The van der Waals surface area contributed by atoms with Crippen LogP contribution in [0.15, 0.2) is 75.9 Å². The second-order valence-electron chi connectivity index (χ2n) is 33.4. The van der Waals surface area contributed by atoms with Crippen LogP contribution in [-0.2, 0) is 185 Å². The smallest absolute Gasteiger partial charge is 0.351 e. The van der Waals surface area contributed by atoms with Crippen LogP contribution in [0.2, 0.25) is 0 Å². The number of hydrogen-bond acceptors (Lipinski definition) is 58. The average Bonchev–Trinajstić information content (AvgIpc) is 1.60. The molecule has 71 heteroatoms. The fourth-order valence-electron chi connectivity index (χ4n) is 17.0. The van der Waals surface area contributed by atoms with Crippen LogP contribution in [0.5, 0.6) is 0 Å². The molecule has 10 aromatic heterocycles. The molecule has 16 rings (SSSR count). The number of nitrogens with zero attached hydrogens (tertiary/aromatic N) is 18. The monoisotopic (exact) mass is 2260 g/mol. The minimum Gasteiger partial charge on any atom is -0.780 e. The summed E-state index contributed by atoms with van der Waals surface area (Å²) in [6, 6.07) is 0. The van der Waals surface area contributed by atoms with Crippen molar-refractivity contribution in [1.82, 2.24) is 97.2 Å². The van der Waals surface area contributed by atoms with E-state index in [0.717, 1.165) is 28.0 Å². The van der Waals surface area contributed by atoms with Crippen molar-refractivity contribution in [3.05, 3.63) is 109 Å². The van der Waals surface area contributed by atoms with Crippen molar-refractivity contribution in [1.29, 1.82) is 0 Å². The number of hydrogen-bond donors (Lipinski definition) is 8. The number of aliphatic hydroxyl groups is 1. The lowest BCUT2D eigenvalue weighted by atomic mass is 10.1. The largest absolute Gasteiger partial charge is 0.780 e. The van der Waals surface area contributed by atoms with Crippen molar-refractivity contribution >= 4 is 167 Å². The van der Waals surface area contributed by atoms with Gasteiger partial charge >= 0.3 is 11.4 Å². The SMILES string of the molecule is CC[C@H]1O[C@@H](n2cnc3c(N)ncnc32)CC1OP([O-])(=S)OC[C@H]1O[C@@H](n2cc(C)c(=O)[nH]c2=O)[C@@H](OCCOC)C1OP(=O)([S-])OC[C@H]1O[C@@H](n2cnc3c(N)ncnc32)[C@@H](OCCOC)C1OP([O-])(=S)OC[C@H]1O[C@@H](n2cnc3c(=O)[nH]c(N)nc32)[C@@H](OCCOC)C1OP([O-])(=S)OC[C@H]1O[C@@H](n2cc(C)c(N)nc2=O)[C@@H](OCCOC)C1OP([O-])(=S)OC[C@H]1O[C@@H](n2cnc3c(N)ncnc32)[C@@H](OCCOC)C1O. The number of aromatic amines is 2. The Morgan fingerprint density at radius 3 is 1.21 bits per heavy atom. The van der Waals surface area contributed by atoms with Crippen LogP contribution in [0.25, 0.3) is 44.7 Å². The summed E-state index contributed by atoms with van der Waals surface area (Å²) in [7, 11) is 6.85. The van der Waals surface area contributed by atoms with Crippen molar-refractivity contribution in [3.8, 4) is 0 Å². The number of aryl methyl sites for hydroxylation is 2. The highest BCUT2D eigenvalue weighted by Crippen LogP contribution is 2.57. The lowest BCUT2D eigenvalue weighted by Gasteiger charge is -2.38. The van der Waals surface area contributed by atoms with Gasteiger partial charge in [-0.2, -0.15) is 9.97 Å². The van der Waals surface area contributed by atoms with Crippen molar-refractivity contribution < 1.29 is 150 Å². The maximum Gasteiger partial charge on any atom is 0.351 e. The van der Waals surface area contributed by atoms with Crippen molar-refractivity contribution in [2.45, 2.75) is 175 Å². The highest BCUT2D eigenvalue weighted by atomic mass is 32.7. The first kappa shape index (κ1) is 112. The highest BCUT2D eigenvalue weighted by molar-refractivity contribution is 8.32. The standard InChI is InChI=1S/C76H108N25O36P5S5/c1-9-37-38(20-44(127-37)98-31-88-45-60(78)82-28-85-63(45)98)133-138(107,143)123-24-40-50(56(119-17-12-114-6)71(130-40)97-22-36(3)67(103)95-76(97)106)135-140(109,145)125-26-42-52(57(120-18-13-115-7)72(131-42)100-33-90-47-62(80)84-30-87-65(47)100)136-142(111,147)126-27-43-53(58(121-19-14-116-8)73(132-43)101-34-91-48-66(101)93-74(81)94-68(48)104)137-141(110,146)124-25-41-51(55(118-16-11-113-5)70(129-41)96-21-35(2)59(77)92-75(96)105)134-139(108,144)122-23-39-49(102)54(117-15-10-112-4)69(128-39)99-32-89-46-61(79)83-29-86-64(46)99/h21-22,28-34,37-44,49-58,69-73,102H,9-20,23-27H2,1-8H3,(H,107,143)(H,108,144)(H,109,145)(H,110,146)(H,111,147)(H2,77,92,105)(H2,78,82,85)(H2,79,83,86)(H2,80,84,87)(H,95,103,106)(H3,81,93,94,104)/p-5/t37-,38?,39-,40-,41-,42-,43-,44-,49?,50?,51?,52?,53?,54+,55+,56+,57+,58+,69-,70-,71-,72-,73-,138?,139?,140?,141?,142?/m1/s1. The van der Waals surface area contributed by atoms with Crippen LogP contribution in [0, 0.1) is 13.8 Å². The molecule has 61 nitrogen and oxygen atoms in total. The molecule has 10 aromatic rings. The van der Waals surface area contributed by atoms with E-state index < -0.39 is 236 Å². The van der Waals surface area contributed by atoms with Gasteiger partial charge in [0.25, 0.3) is 11.1 Å². The summed E-state index contributed by atoms with van der Waals surface area (Å²) in [6.45, 7) is -27.3. The van der Waals surface area contributed by atoms with Gasteiger partial charge in [0.2, 0.25) is 5.95 Å². The van der Waals surface area contributed by atoms with Gasteiger partial charge in [0.15, 0.2) is 83.5 Å². The molecule has 6 aliphatic heterocycles. The van der Waals surface area contributed by atoms with Crippen LogP contribution in [-0.4, -0.2) is 341 Å². The third-order valence-corrected chi connectivity index (χ3v) is 31.6. The van der Waals surface area contributed by atoms with Crippen molar-refractivity contribution in [2.24, 2.45) is 0 Å². The van der Waals surface area contributed by atoms with E-state index in [-0.39, 0.29) is 140 Å². The van der Waals surface area contributed by atoms with Gasteiger partial charge in [0.05, 0.1) is 137 Å². The summed E-state index contributed by atoms with van der Waals surface area (Å²) in [5.74, 6) is -0.526. The number of nitrogens with one attached hydrogen (secondary N) is 2. The Bertz CT molecular complexity index is 6790. The van der Waals surface area contributed by atoms with Gasteiger partial charge in [0, 0.05) is 65.5 Å². The summed E-state index contributed by atoms with van der Waals surface area (Å²) in [4.78, 5) is 171. The topological polar surface area (TPSA) is 784 Å². The molecule has 11 unspecified atom stereocenters. The van der Waals surface area contributed by atoms with Crippen LogP contribution in [0.1, 0.15) is 68.3 Å². The normalized spacial score (nSPS) is 29.0. The fraction of sp³-hybridized carbons (Fsp3) is 0.632. The zero-order chi connectivity index (χ0) is 105. The number of methoxy groups -OCH3 is 5. The van der Waals surface area contributed by atoms with Gasteiger partial charge in [-0.15, -0.1) is 0 Å². The third kappa shape index (κ3) is 25.8. The fourth-order valence-corrected chi connectivity index (χ4v) is 24.2. The molecule has 147 heavy (non-hydrogen) atoms. The molecule has 0 saturated carbocycles. The maximum absolute atomic E-state index is 15.8. The Morgan fingerprint density at radius 2 is 0.769 bits per heavy atom. The summed E-state index contributed by atoms with van der Waals surface area (Å²) < 4.78 is 182. The van der Waals surface area contributed by atoms with Gasteiger partial charge in [-0.25, -0.2) is 59.4 Å². The minimum atomic E-state index is -5.32. The van der Waals surface area contributed by atoms with Crippen LogP contribution >= 0.6 is 33.7 Å². The van der Waals surface area contributed by atoms with E-state index in [4.69, 9.17) is 209 Å². The van der Waals surface area contributed by atoms with Gasteiger partial charge in [0.1, 0.15) is 166 Å². The van der Waals surface area contributed by atoms with Crippen molar-refractivity contribution in [2.75, 3.05) is 163 Å². The quantitative estimate of drug-likeness (QED) is 0.0105. The Labute approximate surface area is 857 Å². The summed E-state index contributed by atoms with van der Waals surface area (Å²) in [5.41, 5.74) is 28.0. The Hall–Kier alpha value is -7.50. The molecule has 6 saturated heterocycles. The molecule has 0 radical (unpaired) electrons. The molecule has 0 aromatic carbocycles. The van der Waals surface area contributed by atoms with E-state index in [0.29, 0.717) is 17.6 Å². The molecule has 6 fully saturated rings. The van der Waals surface area contributed by atoms with E-state index in [2.05, 4.69) is 69.8 Å². The van der Waals surface area contributed by atoms with Gasteiger partial charge in [-0.05, 0) is 20.3 Å². The minimum absolute atomic E-state index is 0.00875. The molecule has 0 aliphatic carbocycles. The van der Waals surface area contributed by atoms with E-state index in [9.17, 15) is 29.2 Å². The zero-order valence-electron chi connectivity index (χ0n) is 78.9. The molecule has 808 valence electrons.